The van der Waals surface area contributed by atoms with Gasteiger partial charge in [0, 0.05) is 16.3 Å². The number of furan rings is 1. The minimum absolute atomic E-state index is 0.531. The van der Waals surface area contributed by atoms with Gasteiger partial charge in [0.2, 0.25) is 0 Å². The second kappa shape index (κ2) is 11.1. The van der Waals surface area contributed by atoms with E-state index in [-0.39, 0.29) is 0 Å². The molecule has 0 unspecified atom stereocenters. The van der Waals surface area contributed by atoms with E-state index in [4.69, 9.17) is 5.79 Å². The standard InChI is InChI=1S/C48H30O/c1-2-13-32(14-3-1)38-29-28-37(47-43-20-10-11-21-44(43)49-48(38)47)33-23-25-34(26-24-33)45-39-16-6-8-18-41(39)46(42-19-9-7-17-40(42)45)36-27-22-31-12-4-5-15-35(31)30-36/h1-30H/i4D. The Morgan fingerprint density at radius 2 is 0.918 bits per heavy atom. The maximum absolute atomic E-state index is 8.07. The summed E-state index contributed by atoms with van der Waals surface area (Å²) in [6.07, 6.45) is 0. The number of rotatable bonds is 4. The van der Waals surface area contributed by atoms with Crippen molar-refractivity contribution in [3.05, 3.63) is 182 Å². The normalized spacial score (nSPS) is 12.0. The molecule has 0 radical (unpaired) electrons. The summed E-state index contributed by atoms with van der Waals surface area (Å²) in [4.78, 5) is 0. The first-order valence-corrected chi connectivity index (χ1v) is 16.8. The van der Waals surface area contributed by atoms with Crippen molar-refractivity contribution >= 4 is 54.3 Å². The van der Waals surface area contributed by atoms with Crippen LogP contribution in [0.5, 0.6) is 0 Å². The van der Waals surface area contributed by atoms with E-state index in [2.05, 4.69) is 152 Å². The zero-order valence-electron chi connectivity index (χ0n) is 27.7. The Kier molecular flexibility index (Phi) is 6.02. The third-order valence-electron chi connectivity index (χ3n) is 10.0. The van der Waals surface area contributed by atoms with Crippen molar-refractivity contribution in [3.63, 3.8) is 0 Å². The fourth-order valence-corrected chi connectivity index (χ4v) is 7.76. The molecular weight excluding hydrogens is 593 g/mol. The highest BCUT2D eigenvalue weighted by Crippen LogP contribution is 2.46. The Morgan fingerprint density at radius 3 is 1.63 bits per heavy atom. The highest BCUT2D eigenvalue weighted by molar-refractivity contribution is 6.22. The molecule has 0 aliphatic carbocycles. The lowest BCUT2D eigenvalue weighted by molar-refractivity contribution is 0.670. The third kappa shape index (κ3) is 4.40. The maximum Gasteiger partial charge on any atom is 0.143 e. The van der Waals surface area contributed by atoms with Crippen LogP contribution >= 0.6 is 0 Å². The molecule has 49 heavy (non-hydrogen) atoms. The van der Waals surface area contributed by atoms with Crippen LogP contribution in [0.3, 0.4) is 0 Å². The van der Waals surface area contributed by atoms with Gasteiger partial charge in [0.15, 0.2) is 0 Å². The van der Waals surface area contributed by atoms with Gasteiger partial charge < -0.3 is 4.42 Å². The zero-order chi connectivity index (χ0) is 33.2. The Bertz CT molecular complexity index is 2860. The molecule has 0 fully saturated rings. The van der Waals surface area contributed by atoms with Gasteiger partial charge >= 0.3 is 0 Å². The number of hydrogen-bond acceptors (Lipinski definition) is 1. The molecule has 10 rings (SSSR count). The van der Waals surface area contributed by atoms with Gasteiger partial charge in [-0.2, -0.15) is 0 Å². The second-order valence-electron chi connectivity index (χ2n) is 12.7. The summed E-state index contributed by atoms with van der Waals surface area (Å²) >= 11 is 0. The van der Waals surface area contributed by atoms with Gasteiger partial charge in [-0.1, -0.05) is 164 Å². The van der Waals surface area contributed by atoms with Gasteiger partial charge in [0.05, 0.1) is 1.37 Å². The van der Waals surface area contributed by atoms with Crippen LogP contribution in [0.25, 0.3) is 98.8 Å². The summed E-state index contributed by atoms with van der Waals surface area (Å²) < 4.78 is 14.6. The van der Waals surface area contributed by atoms with Gasteiger partial charge in [0.25, 0.3) is 0 Å². The summed E-state index contributed by atoms with van der Waals surface area (Å²) in [6.45, 7) is 0. The van der Waals surface area contributed by atoms with Crippen molar-refractivity contribution in [1.82, 2.24) is 0 Å². The van der Waals surface area contributed by atoms with Crippen LogP contribution in [0.2, 0.25) is 0 Å². The number of benzene rings is 9. The summed E-state index contributed by atoms with van der Waals surface area (Å²) in [5, 5.41) is 9.40. The predicted molar refractivity (Wildman–Crippen MR) is 208 cm³/mol. The summed E-state index contributed by atoms with van der Waals surface area (Å²) in [5.74, 6) is 0. The van der Waals surface area contributed by atoms with Crippen LogP contribution in [0.4, 0.5) is 0 Å². The molecule has 10 aromatic rings. The molecule has 1 nitrogen and oxygen atoms in total. The molecule has 0 atom stereocenters. The summed E-state index contributed by atoms with van der Waals surface area (Å²) in [5.41, 5.74) is 11.2. The Balaban J connectivity index is 1.16. The van der Waals surface area contributed by atoms with E-state index in [9.17, 15) is 0 Å². The lowest BCUT2D eigenvalue weighted by Crippen LogP contribution is -1.91. The average molecular weight is 624 g/mol. The van der Waals surface area contributed by atoms with E-state index in [0.717, 1.165) is 55.0 Å². The average Bonchev–Trinajstić information content (AvgIpc) is 3.57. The summed E-state index contributed by atoms with van der Waals surface area (Å²) in [7, 11) is 0. The van der Waals surface area contributed by atoms with Crippen molar-refractivity contribution < 1.29 is 5.79 Å². The first-order valence-electron chi connectivity index (χ1n) is 17.3. The van der Waals surface area contributed by atoms with Crippen LogP contribution in [0, 0.1) is 0 Å². The predicted octanol–water partition coefficient (Wildman–Crippen LogP) is 13.7. The Labute approximate surface area is 285 Å². The minimum atomic E-state index is 0.531. The van der Waals surface area contributed by atoms with Crippen LogP contribution < -0.4 is 0 Å². The Morgan fingerprint density at radius 1 is 0.367 bits per heavy atom. The van der Waals surface area contributed by atoms with Crippen molar-refractivity contribution in [2.75, 3.05) is 0 Å². The molecule has 0 saturated carbocycles. The van der Waals surface area contributed by atoms with Crippen molar-refractivity contribution in [2.24, 2.45) is 0 Å². The molecule has 0 aliphatic rings. The van der Waals surface area contributed by atoms with Crippen LogP contribution in [-0.2, 0) is 0 Å². The summed E-state index contributed by atoms with van der Waals surface area (Å²) in [6, 6.07) is 62.9. The highest BCUT2D eigenvalue weighted by atomic mass is 16.3. The van der Waals surface area contributed by atoms with Crippen LogP contribution in [0.15, 0.2) is 186 Å². The first kappa shape index (κ1) is 26.6. The van der Waals surface area contributed by atoms with Crippen LogP contribution in [0.1, 0.15) is 1.37 Å². The second-order valence-corrected chi connectivity index (χ2v) is 12.7. The van der Waals surface area contributed by atoms with E-state index in [1.54, 1.807) is 0 Å². The molecule has 1 aromatic heterocycles. The van der Waals surface area contributed by atoms with Gasteiger partial charge in [0.1, 0.15) is 11.2 Å². The monoisotopic (exact) mass is 623 g/mol. The van der Waals surface area contributed by atoms with E-state index in [1.165, 1.54) is 43.8 Å². The SMILES string of the molecule is [2H]c1ccc2cc(-c3c4ccccc4c(-c4ccc(-c5ccc(-c6ccccc6)c6oc7ccccc7c56)cc4)c4ccccc34)ccc2c1. The van der Waals surface area contributed by atoms with Crippen LogP contribution in [-0.4, -0.2) is 0 Å². The number of para-hydroxylation sites is 1. The highest BCUT2D eigenvalue weighted by Gasteiger charge is 2.19. The van der Waals surface area contributed by atoms with Crippen molar-refractivity contribution in [3.8, 4) is 44.5 Å². The fourth-order valence-electron chi connectivity index (χ4n) is 7.76. The van der Waals surface area contributed by atoms with Crippen molar-refractivity contribution in [1.29, 1.82) is 0 Å². The largest absolute Gasteiger partial charge is 0.455 e. The van der Waals surface area contributed by atoms with E-state index < -0.39 is 0 Å². The number of fused-ring (bicyclic) bond motifs is 6. The minimum Gasteiger partial charge on any atom is -0.455 e. The van der Waals surface area contributed by atoms with E-state index in [1.807, 2.05) is 24.3 Å². The molecule has 228 valence electrons. The van der Waals surface area contributed by atoms with Gasteiger partial charge in [-0.05, 0) is 89.5 Å². The molecule has 1 heteroatoms. The molecule has 0 amide bonds. The van der Waals surface area contributed by atoms with E-state index in [0.29, 0.717) is 6.04 Å². The van der Waals surface area contributed by atoms with E-state index >= 15 is 0 Å². The van der Waals surface area contributed by atoms with Gasteiger partial charge in [-0.3, -0.25) is 0 Å². The number of hydrogen-bond donors (Lipinski definition) is 0. The lowest BCUT2D eigenvalue weighted by atomic mass is 9.85. The third-order valence-corrected chi connectivity index (χ3v) is 10.0. The first-order chi connectivity index (χ1) is 24.7. The zero-order valence-corrected chi connectivity index (χ0v) is 26.7. The molecule has 0 saturated heterocycles. The Hall–Kier alpha value is -6.44. The molecular formula is C48H30O. The molecule has 0 aliphatic heterocycles. The smallest absolute Gasteiger partial charge is 0.143 e. The molecule has 1 heterocycles. The molecule has 0 bridgehead atoms. The van der Waals surface area contributed by atoms with Gasteiger partial charge in [-0.25, -0.2) is 0 Å². The quantitative estimate of drug-likeness (QED) is 0.178. The molecule has 9 aromatic carbocycles. The lowest BCUT2D eigenvalue weighted by Gasteiger charge is -2.18. The van der Waals surface area contributed by atoms with Crippen molar-refractivity contribution in [2.45, 2.75) is 0 Å². The maximum atomic E-state index is 8.07. The molecule has 0 N–H and O–H groups in total. The topological polar surface area (TPSA) is 13.1 Å². The molecule has 0 spiro atoms. The van der Waals surface area contributed by atoms with Gasteiger partial charge in [-0.15, -0.1) is 0 Å². The fraction of sp³-hybridized carbons (Fsp3) is 0.